The number of nitrogens with zero attached hydrogens (tertiary/aromatic N) is 3. The van der Waals surface area contributed by atoms with Gasteiger partial charge in [-0.2, -0.15) is 9.57 Å². The minimum atomic E-state index is -3.70. The number of rotatable bonds is 9. The van der Waals surface area contributed by atoms with E-state index in [1.165, 1.54) is 31.7 Å². The van der Waals surface area contributed by atoms with E-state index in [1.807, 2.05) is 13.8 Å². The lowest BCUT2D eigenvalue weighted by Crippen LogP contribution is -2.49. The first-order valence-corrected chi connectivity index (χ1v) is 13.6. The van der Waals surface area contributed by atoms with Gasteiger partial charge < -0.3 is 15.5 Å². The van der Waals surface area contributed by atoms with Gasteiger partial charge in [-0.05, 0) is 63.9 Å². The van der Waals surface area contributed by atoms with E-state index in [0.29, 0.717) is 37.2 Å². The van der Waals surface area contributed by atoms with Crippen LogP contribution in [0.4, 0.5) is 5.69 Å². The van der Waals surface area contributed by atoms with Crippen LogP contribution in [0.25, 0.3) is 0 Å². The summed E-state index contributed by atoms with van der Waals surface area (Å²) in [5.74, 6) is 0.0266. The van der Waals surface area contributed by atoms with E-state index in [1.54, 1.807) is 16.4 Å². The molecular weight excluding hydrogens is 438 g/mol. The fraction of sp³-hybridized carbons (Fsp3) is 0.667. The highest BCUT2D eigenvalue weighted by molar-refractivity contribution is 7.89. The molecule has 2 fully saturated rings. The number of nitrogens with one attached hydrogen (secondary N) is 2. The maximum absolute atomic E-state index is 13.5. The number of hydrogen-bond acceptors (Lipinski definition) is 6. The van der Waals surface area contributed by atoms with Crippen molar-refractivity contribution >= 4 is 21.6 Å². The third-order valence-corrected chi connectivity index (χ3v) is 8.50. The first kappa shape index (κ1) is 25.5. The Morgan fingerprint density at radius 2 is 1.94 bits per heavy atom. The molecular formula is C24H37N5O3S. The lowest BCUT2D eigenvalue weighted by atomic mass is 9.98. The zero-order valence-electron chi connectivity index (χ0n) is 19.8. The predicted molar refractivity (Wildman–Crippen MR) is 129 cm³/mol. The molecule has 0 spiro atoms. The minimum absolute atomic E-state index is 0.0116. The molecule has 0 radical (unpaired) electrons. The van der Waals surface area contributed by atoms with Crippen molar-refractivity contribution in [3.05, 3.63) is 23.8 Å². The second-order valence-corrected chi connectivity index (χ2v) is 11.1. The Hall–Kier alpha value is -2.15. The maximum Gasteiger partial charge on any atom is 0.243 e. The van der Waals surface area contributed by atoms with Gasteiger partial charge in [-0.25, -0.2) is 8.42 Å². The standard InChI is InChI=1S/C24H37N5O3S/c1-3-12-29(16-15-28-13-6-4-5-7-14-28)33(31,32)21-8-9-23(20(17-21)18-25)27-22-10-11-24(30)26-19(22)2/h8-9,17,19,22,27H,3-7,10-16H2,1-2H3,(H,26,30). The van der Waals surface area contributed by atoms with E-state index in [4.69, 9.17) is 0 Å². The SMILES string of the molecule is CCCN(CCN1CCCCCC1)S(=O)(=O)c1ccc(NC2CCC(=O)NC2C)c(C#N)c1. The topological polar surface area (TPSA) is 106 Å². The molecule has 33 heavy (non-hydrogen) atoms. The number of piperidine rings is 1. The largest absolute Gasteiger partial charge is 0.379 e. The summed E-state index contributed by atoms with van der Waals surface area (Å²) in [6.45, 7) is 7.60. The quantitative estimate of drug-likeness (QED) is 0.569. The average molecular weight is 476 g/mol. The zero-order valence-corrected chi connectivity index (χ0v) is 20.7. The summed E-state index contributed by atoms with van der Waals surface area (Å²) >= 11 is 0. The molecule has 2 atom stereocenters. The number of sulfonamides is 1. The molecule has 2 heterocycles. The smallest absolute Gasteiger partial charge is 0.243 e. The van der Waals surface area contributed by atoms with Crippen molar-refractivity contribution < 1.29 is 13.2 Å². The number of hydrogen-bond donors (Lipinski definition) is 2. The van der Waals surface area contributed by atoms with Crippen molar-refractivity contribution in [1.29, 1.82) is 5.26 Å². The van der Waals surface area contributed by atoms with E-state index >= 15 is 0 Å². The zero-order chi connectivity index (χ0) is 23.8. The van der Waals surface area contributed by atoms with E-state index in [2.05, 4.69) is 21.6 Å². The van der Waals surface area contributed by atoms with Crippen molar-refractivity contribution in [3.63, 3.8) is 0 Å². The van der Waals surface area contributed by atoms with Crippen LogP contribution in [0.5, 0.6) is 0 Å². The summed E-state index contributed by atoms with van der Waals surface area (Å²) in [6, 6.07) is 6.79. The monoisotopic (exact) mass is 475 g/mol. The normalized spacial score (nSPS) is 22.4. The van der Waals surface area contributed by atoms with Gasteiger partial charge in [0, 0.05) is 38.1 Å². The molecule has 1 aromatic carbocycles. The molecule has 0 bridgehead atoms. The van der Waals surface area contributed by atoms with Crippen molar-refractivity contribution in [1.82, 2.24) is 14.5 Å². The van der Waals surface area contributed by atoms with Gasteiger partial charge in [0.1, 0.15) is 6.07 Å². The summed E-state index contributed by atoms with van der Waals surface area (Å²) in [7, 11) is -3.70. The Morgan fingerprint density at radius 1 is 1.21 bits per heavy atom. The van der Waals surface area contributed by atoms with Gasteiger partial charge >= 0.3 is 0 Å². The predicted octanol–water partition coefficient (Wildman–Crippen LogP) is 2.91. The number of carbonyl (C=O) groups excluding carboxylic acids is 1. The minimum Gasteiger partial charge on any atom is -0.379 e. The number of nitriles is 1. The highest BCUT2D eigenvalue weighted by Crippen LogP contribution is 2.25. The van der Waals surface area contributed by atoms with Crippen molar-refractivity contribution in [3.8, 4) is 6.07 Å². The van der Waals surface area contributed by atoms with Crippen LogP contribution < -0.4 is 10.6 Å². The molecule has 1 aromatic rings. The molecule has 1 amide bonds. The Morgan fingerprint density at radius 3 is 2.58 bits per heavy atom. The molecule has 0 aliphatic carbocycles. The third kappa shape index (κ3) is 6.69. The Labute approximate surface area is 198 Å². The number of benzene rings is 1. The third-order valence-electron chi connectivity index (χ3n) is 6.60. The highest BCUT2D eigenvalue weighted by Gasteiger charge is 2.28. The molecule has 3 rings (SSSR count). The van der Waals surface area contributed by atoms with Gasteiger partial charge in [0.05, 0.1) is 16.1 Å². The van der Waals surface area contributed by atoms with Crippen molar-refractivity contribution in [2.75, 3.05) is 38.0 Å². The van der Waals surface area contributed by atoms with E-state index < -0.39 is 10.0 Å². The molecule has 2 aliphatic heterocycles. The Balaban J connectivity index is 1.74. The van der Waals surface area contributed by atoms with Gasteiger partial charge in [0.25, 0.3) is 0 Å². The number of likely N-dealkylation sites (tertiary alicyclic amines) is 1. The number of carbonyl (C=O) groups is 1. The Bertz CT molecular complexity index is 951. The van der Waals surface area contributed by atoms with E-state index in [-0.39, 0.29) is 22.9 Å². The summed E-state index contributed by atoms with van der Waals surface area (Å²) in [4.78, 5) is 14.1. The van der Waals surface area contributed by atoms with E-state index in [9.17, 15) is 18.5 Å². The summed E-state index contributed by atoms with van der Waals surface area (Å²) in [5.41, 5.74) is 0.889. The van der Waals surface area contributed by atoms with Crippen molar-refractivity contribution in [2.24, 2.45) is 0 Å². The molecule has 8 nitrogen and oxygen atoms in total. The lowest BCUT2D eigenvalue weighted by molar-refractivity contribution is -0.123. The number of amides is 1. The van der Waals surface area contributed by atoms with Crippen LogP contribution in [0.15, 0.2) is 23.1 Å². The summed E-state index contributed by atoms with van der Waals surface area (Å²) in [5, 5.41) is 15.9. The molecule has 9 heteroatoms. The molecule has 2 aliphatic rings. The first-order chi connectivity index (χ1) is 15.8. The van der Waals surface area contributed by atoms with Crippen LogP contribution in [0, 0.1) is 11.3 Å². The van der Waals surface area contributed by atoms with Crippen LogP contribution in [0.3, 0.4) is 0 Å². The van der Waals surface area contributed by atoms with Crippen LogP contribution >= 0.6 is 0 Å². The van der Waals surface area contributed by atoms with Crippen LogP contribution in [-0.2, 0) is 14.8 Å². The maximum atomic E-state index is 13.5. The molecule has 0 saturated carbocycles. The van der Waals surface area contributed by atoms with Gasteiger partial charge in [-0.3, -0.25) is 4.79 Å². The Kier molecular flexibility index (Phi) is 9.12. The average Bonchev–Trinajstić information content (AvgIpc) is 3.07. The lowest BCUT2D eigenvalue weighted by Gasteiger charge is -2.31. The van der Waals surface area contributed by atoms with Crippen molar-refractivity contribution in [2.45, 2.75) is 75.8 Å². The molecule has 0 aromatic heterocycles. The van der Waals surface area contributed by atoms with Crippen LogP contribution in [-0.4, -0.2) is 68.3 Å². The first-order valence-electron chi connectivity index (χ1n) is 12.2. The molecule has 2 N–H and O–H groups in total. The molecule has 2 saturated heterocycles. The molecule has 2 unspecified atom stereocenters. The second kappa shape index (κ2) is 11.8. The number of anilines is 1. The van der Waals surface area contributed by atoms with Crippen LogP contribution in [0.2, 0.25) is 0 Å². The van der Waals surface area contributed by atoms with Gasteiger partial charge in [-0.15, -0.1) is 0 Å². The van der Waals surface area contributed by atoms with Crippen LogP contribution in [0.1, 0.15) is 64.4 Å². The second-order valence-electron chi connectivity index (χ2n) is 9.12. The fourth-order valence-electron chi connectivity index (χ4n) is 4.63. The summed E-state index contributed by atoms with van der Waals surface area (Å²) in [6.07, 6.45) is 6.66. The fourth-order valence-corrected chi connectivity index (χ4v) is 6.18. The van der Waals surface area contributed by atoms with E-state index in [0.717, 1.165) is 26.1 Å². The van der Waals surface area contributed by atoms with Gasteiger partial charge in [0.2, 0.25) is 15.9 Å². The van der Waals surface area contributed by atoms with Gasteiger partial charge in [0.15, 0.2) is 0 Å². The highest BCUT2D eigenvalue weighted by atomic mass is 32.2. The summed E-state index contributed by atoms with van der Waals surface area (Å²) < 4.78 is 28.5. The molecule has 182 valence electrons. The van der Waals surface area contributed by atoms with Gasteiger partial charge in [-0.1, -0.05) is 19.8 Å².